The lowest BCUT2D eigenvalue weighted by Crippen LogP contribution is -2.45. The van der Waals surface area contributed by atoms with Crippen LogP contribution >= 0.6 is 11.6 Å². The second-order valence-electron chi connectivity index (χ2n) is 5.50. The summed E-state index contributed by atoms with van der Waals surface area (Å²) < 4.78 is 0. The molecular formula is C19H13ClN2O4. The third-order valence-corrected chi connectivity index (χ3v) is 3.90. The molecule has 0 aliphatic rings. The van der Waals surface area contributed by atoms with E-state index in [-0.39, 0.29) is 11.3 Å². The van der Waals surface area contributed by atoms with Crippen LogP contribution in [-0.4, -0.2) is 27.1 Å². The molecule has 6 nitrogen and oxygen atoms in total. The van der Waals surface area contributed by atoms with E-state index in [0.717, 1.165) is 5.39 Å². The van der Waals surface area contributed by atoms with E-state index in [2.05, 4.69) is 16.2 Å². The van der Waals surface area contributed by atoms with E-state index in [9.17, 15) is 14.7 Å². The van der Waals surface area contributed by atoms with Crippen molar-refractivity contribution in [3.05, 3.63) is 70.9 Å². The van der Waals surface area contributed by atoms with Crippen molar-refractivity contribution in [2.45, 2.75) is 5.72 Å². The van der Waals surface area contributed by atoms with Gasteiger partial charge in [0.25, 0.3) is 5.91 Å². The van der Waals surface area contributed by atoms with Crippen LogP contribution in [-0.2, 0) is 10.5 Å². The van der Waals surface area contributed by atoms with Gasteiger partial charge in [-0.15, -0.1) is 0 Å². The lowest BCUT2D eigenvalue weighted by molar-refractivity contribution is -0.130. The monoisotopic (exact) mass is 368 g/mol. The first-order valence-electron chi connectivity index (χ1n) is 7.52. The summed E-state index contributed by atoms with van der Waals surface area (Å²) in [6, 6.07) is 14.7. The predicted molar refractivity (Wildman–Crippen MR) is 96.5 cm³/mol. The molecule has 0 spiro atoms. The molecule has 3 aromatic rings. The Kier molecular flexibility index (Phi) is 4.67. The van der Waals surface area contributed by atoms with E-state index in [1.54, 1.807) is 42.5 Å². The summed E-state index contributed by atoms with van der Waals surface area (Å²) in [5, 5.41) is 23.2. The molecule has 0 aliphatic heterocycles. The third-order valence-electron chi connectivity index (χ3n) is 3.66. The van der Waals surface area contributed by atoms with Gasteiger partial charge in [0.1, 0.15) is 5.69 Å². The van der Waals surface area contributed by atoms with Crippen LogP contribution < -0.4 is 5.32 Å². The molecule has 0 fully saturated rings. The van der Waals surface area contributed by atoms with Gasteiger partial charge in [-0.1, -0.05) is 41.9 Å². The summed E-state index contributed by atoms with van der Waals surface area (Å²) in [5.74, 6) is 1.97. The Morgan fingerprint density at radius 3 is 2.54 bits per heavy atom. The molecule has 0 saturated carbocycles. The molecule has 1 heterocycles. The summed E-state index contributed by atoms with van der Waals surface area (Å²) >= 11 is 5.94. The number of H-pyrrole nitrogens is 1. The highest BCUT2D eigenvalue weighted by atomic mass is 35.5. The van der Waals surface area contributed by atoms with E-state index >= 15 is 0 Å². The molecular weight excluding hydrogens is 356 g/mol. The average molecular weight is 369 g/mol. The van der Waals surface area contributed by atoms with Gasteiger partial charge < -0.3 is 20.5 Å². The molecule has 130 valence electrons. The third kappa shape index (κ3) is 3.70. The molecule has 4 N–H and O–H groups in total. The van der Waals surface area contributed by atoms with Crippen LogP contribution in [0.15, 0.2) is 54.6 Å². The zero-order chi connectivity index (χ0) is 18.7. The number of aromatic amines is 1. The second-order valence-corrected chi connectivity index (χ2v) is 5.94. The van der Waals surface area contributed by atoms with Crippen LogP contribution in [0.3, 0.4) is 0 Å². The van der Waals surface area contributed by atoms with Crippen molar-refractivity contribution in [3.63, 3.8) is 0 Å². The Balaban J connectivity index is 1.96. The number of hydrogen-bond donors (Lipinski definition) is 4. The smallest absolute Gasteiger partial charge is 0.382 e. The Labute approximate surface area is 153 Å². The number of carbonyl (C=O) groups is 2. The molecule has 1 amide bonds. The van der Waals surface area contributed by atoms with E-state index in [0.29, 0.717) is 10.5 Å². The number of nitrogens with one attached hydrogen (secondary N) is 2. The molecule has 0 bridgehead atoms. The number of fused-ring (bicyclic) bond motifs is 1. The Bertz CT molecular complexity index is 1050. The van der Waals surface area contributed by atoms with Crippen molar-refractivity contribution in [2.75, 3.05) is 0 Å². The summed E-state index contributed by atoms with van der Waals surface area (Å²) in [6.45, 7) is 0. The minimum atomic E-state index is -2.16. The summed E-state index contributed by atoms with van der Waals surface area (Å²) in [5.41, 5.74) is -1.06. The Morgan fingerprint density at radius 2 is 1.85 bits per heavy atom. The maximum absolute atomic E-state index is 12.6. The lowest BCUT2D eigenvalue weighted by Gasteiger charge is -2.23. The Morgan fingerprint density at radius 1 is 1.12 bits per heavy atom. The van der Waals surface area contributed by atoms with Crippen molar-refractivity contribution in [3.8, 4) is 11.8 Å². The number of carboxylic acids is 1. The SMILES string of the molecule is O=C(O)C#CC(O)(NC(=O)c1cc2cc(Cl)ccc2[nH]1)c1ccccc1. The fourth-order valence-corrected chi connectivity index (χ4v) is 2.64. The van der Waals surface area contributed by atoms with Crippen LogP contribution in [0.4, 0.5) is 0 Å². The maximum atomic E-state index is 12.6. The second kappa shape index (κ2) is 6.92. The number of hydrogen-bond acceptors (Lipinski definition) is 3. The van der Waals surface area contributed by atoms with Crippen LogP contribution in [0.25, 0.3) is 10.9 Å². The van der Waals surface area contributed by atoms with E-state index in [1.165, 1.54) is 12.1 Å². The maximum Gasteiger partial charge on any atom is 0.382 e. The first-order chi connectivity index (χ1) is 12.4. The zero-order valence-corrected chi connectivity index (χ0v) is 14.0. The van der Waals surface area contributed by atoms with Crippen molar-refractivity contribution in [1.82, 2.24) is 10.3 Å². The molecule has 0 aliphatic carbocycles. The van der Waals surface area contributed by atoms with E-state index in [4.69, 9.17) is 16.7 Å². The van der Waals surface area contributed by atoms with Crippen LogP contribution in [0.1, 0.15) is 16.1 Å². The summed E-state index contributed by atoms with van der Waals surface area (Å²) in [4.78, 5) is 26.3. The zero-order valence-electron chi connectivity index (χ0n) is 13.3. The minimum Gasteiger partial charge on any atom is -0.472 e. The summed E-state index contributed by atoms with van der Waals surface area (Å²) in [7, 11) is 0. The van der Waals surface area contributed by atoms with Gasteiger partial charge in [-0.05, 0) is 30.2 Å². The van der Waals surface area contributed by atoms with Crippen molar-refractivity contribution in [1.29, 1.82) is 0 Å². The molecule has 1 unspecified atom stereocenters. The standard InChI is InChI=1S/C19H13ClN2O4/c20-14-6-7-15-12(10-14)11-16(21-15)18(25)22-19(26,9-8-17(23)24)13-4-2-1-3-5-13/h1-7,10-11,21,26H,(H,22,25)(H,23,24). The molecule has 1 atom stereocenters. The molecule has 2 aromatic carbocycles. The van der Waals surface area contributed by atoms with Gasteiger partial charge >= 0.3 is 5.97 Å². The highest BCUT2D eigenvalue weighted by molar-refractivity contribution is 6.31. The van der Waals surface area contributed by atoms with E-state index < -0.39 is 17.6 Å². The molecule has 1 aromatic heterocycles. The van der Waals surface area contributed by atoms with Crippen LogP contribution in [0, 0.1) is 11.8 Å². The van der Waals surface area contributed by atoms with Gasteiger partial charge in [-0.2, -0.15) is 0 Å². The van der Waals surface area contributed by atoms with Crippen molar-refractivity contribution < 1.29 is 19.8 Å². The van der Waals surface area contributed by atoms with E-state index in [1.807, 2.05) is 5.92 Å². The van der Waals surface area contributed by atoms with Gasteiger partial charge in [0.15, 0.2) is 0 Å². The Hall–Kier alpha value is -3.27. The number of amides is 1. The molecule has 0 radical (unpaired) electrons. The predicted octanol–water partition coefficient (Wildman–Crippen LogP) is 2.48. The van der Waals surface area contributed by atoms with Crippen molar-refractivity contribution in [2.24, 2.45) is 0 Å². The highest BCUT2D eigenvalue weighted by Gasteiger charge is 2.30. The van der Waals surface area contributed by atoms with Gasteiger partial charge in [0.2, 0.25) is 5.72 Å². The fraction of sp³-hybridized carbons (Fsp3) is 0.0526. The van der Waals surface area contributed by atoms with Crippen LogP contribution in [0.2, 0.25) is 5.02 Å². The molecule has 26 heavy (non-hydrogen) atoms. The normalized spacial score (nSPS) is 12.7. The van der Waals surface area contributed by atoms with Gasteiger partial charge in [-0.3, -0.25) is 4.79 Å². The number of rotatable bonds is 3. The highest BCUT2D eigenvalue weighted by Crippen LogP contribution is 2.22. The fourth-order valence-electron chi connectivity index (χ4n) is 2.46. The van der Waals surface area contributed by atoms with Gasteiger partial charge in [0.05, 0.1) is 0 Å². The molecule has 7 heteroatoms. The topological polar surface area (TPSA) is 102 Å². The number of benzene rings is 2. The minimum absolute atomic E-state index is 0.175. The first kappa shape index (κ1) is 17.5. The first-order valence-corrected chi connectivity index (χ1v) is 7.90. The number of carboxylic acid groups (broad SMARTS) is 1. The van der Waals surface area contributed by atoms with Crippen LogP contribution in [0.5, 0.6) is 0 Å². The number of aliphatic carboxylic acids is 1. The number of halogens is 1. The number of carbonyl (C=O) groups excluding carboxylic acids is 1. The summed E-state index contributed by atoms with van der Waals surface area (Å²) in [6.07, 6.45) is 0. The van der Waals surface area contributed by atoms with Gasteiger partial charge in [0, 0.05) is 27.4 Å². The average Bonchev–Trinajstić information content (AvgIpc) is 3.04. The van der Waals surface area contributed by atoms with Crippen molar-refractivity contribution >= 4 is 34.4 Å². The number of aliphatic hydroxyl groups is 1. The lowest BCUT2D eigenvalue weighted by atomic mass is 10.0. The largest absolute Gasteiger partial charge is 0.472 e. The molecule has 0 saturated heterocycles. The number of aromatic nitrogens is 1. The quantitative estimate of drug-likeness (QED) is 0.421. The molecule has 3 rings (SSSR count). The van der Waals surface area contributed by atoms with Gasteiger partial charge in [-0.25, -0.2) is 4.79 Å².